The van der Waals surface area contributed by atoms with Crippen LogP contribution in [0.25, 0.3) is 0 Å². The molecule has 0 radical (unpaired) electrons. The molecule has 0 aliphatic carbocycles. The number of aryl methyl sites for hydroxylation is 1. The van der Waals surface area contributed by atoms with Crippen molar-refractivity contribution < 1.29 is 22.7 Å². The van der Waals surface area contributed by atoms with Gasteiger partial charge in [-0.15, -0.1) is 0 Å². The van der Waals surface area contributed by atoms with Crippen LogP contribution < -0.4 is 14.8 Å². The molecule has 0 bridgehead atoms. The van der Waals surface area contributed by atoms with E-state index in [1.54, 1.807) is 19.1 Å². The molecule has 0 spiro atoms. The molecule has 0 fully saturated rings. The van der Waals surface area contributed by atoms with Gasteiger partial charge in [-0.25, -0.2) is 12.7 Å². The molecule has 0 saturated heterocycles. The third-order valence-electron chi connectivity index (χ3n) is 4.18. The normalized spacial score (nSPS) is 11.3. The summed E-state index contributed by atoms with van der Waals surface area (Å²) in [5.41, 5.74) is 1.35. The zero-order valence-electron chi connectivity index (χ0n) is 17.3. The molecule has 1 amide bonds. The molecule has 2 rings (SSSR count). The molecule has 29 heavy (non-hydrogen) atoms. The van der Waals surface area contributed by atoms with Crippen LogP contribution in [0.15, 0.2) is 47.4 Å². The average molecular weight is 421 g/mol. The highest BCUT2D eigenvalue weighted by Crippen LogP contribution is 2.29. The van der Waals surface area contributed by atoms with Gasteiger partial charge in [-0.1, -0.05) is 18.2 Å². The summed E-state index contributed by atoms with van der Waals surface area (Å²) < 4.78 is 37.3. The SMILES string of the molecule is CCOc1ccccc1CCC(=O)Nc1ccc(OCC)c(S(=O)(=O)N(C)C)c1. The number of nitrogens with zero attached hydrogens (tertiary/aromatic N) is 1. The fourth-order valence-corrected chi connectivity index (χ4v) is 3.79. The maximum atomic E-state index is 12.6. The number of anilines is 1. The molecule has 7 nitrogen and oxygen atoms in total. The highest BCUT2D eigenvalue weighted by Gasteiger charge is 2.23. The fourth-order valence-electron chi connectivity index (χ4n) is 2.74. The number of para-hydroxylation sites is 1. The molecule has 0 saturated carbocycles. The van der Waals surface area contributed by atoms with Crippen LogP contribution in [0.4, 0.5) is 5.69 Å². The first-order chi connectivity index (χ1) is 13.8. The molecule has 0 atom stereocenters. The molecule has 0 heterocycles. The van der Waals surface area contributed by atoms with E-state index in [4.69, 9.17) is 9.47 Å². The van der Waals surface area contributed by atoms with Crippen LogP contribution in [0.3, 0.4) is 0 Å². The Morgan fingerprint density at radius 3 is 2.31 bits per heavy atom. The van der Waals surface area contributed by atoms with E-state index in [2.05, 4.69) is 5.32 Å². The summed E-state index contributed by atoms with van der Waals surface area (Å²) in [6.45, 7) is 4.58. The Labute approximate surface area is 172 Å². The number of hydrogen-bond donors (Lipinski definition) is 1. The Hall–Kier alpha value is -2.58. The summed E-state index contributed by atoms with van der Waals surface area (Å²) in [5.74, 6) is 0.807. The van der Waals surface area contributed by atoms with Gasteiger partial charge in [-0.3, -0.25) is 4.79 Å². The minimum Gasteiger partial charge on any atom is -0.494 e. The molecule has 0 aliphatic rings. The van der Waals surface area contributed by atoms with Crippen LogP contribution in [0.2, 0.25) is 0 Å². The molecule has 2 aromatic rings. The Morgan fingerprint density at radius 2 is 1.66 bits per heavy atom. The van der Waals surface area contributed by atoms with Crippen LogP contribution in [0.1, 0.15) is 25.8 Å². The topological polar surface area (TPSA) is 84.9 Å². The molecule has 0 aromatic heterocycles. The van der Waals surface area contributed by atoms with Crippen molar-refractivity contribution in [2.75, 3.05) is 32.6 Å². The van der Waals surface area contributed by atoms with Gasteiger partial charge in [0.05, 0.1) is 13.2 Å². The summed E-state index contributed by atoms with van der Waals surface area (Å²) in [5, 5.41) is 2.77. The molecule has 0 unspecified atom stereocenters. The molecule has 158 valence electrons. The quantitative estimate of drug-likeness (QED) is 0.637. The van der Waals surface area contributed by atoms with E-state index in [9.17, 15) is 13.2 Å². The summed E-state index contributed by atoms with van der Waals surface area (Å²) in [6.07, 6.45) is 0.759. The highest BCUT2D eigenvalue weighted by atomic mass is 32.2. The van der Waals surface area contributed by atoms with Gasteiger partial charge in [0.15, 0.2) is 0 Å². The van der Waals surface area contributed by atoms with Crippen molar-refractivity contribution >= 4 is 21.6 Å². The van der Waals surface area contributed by atoms with Crippen LogP contribution in [0.5, 0.6) is 11.5 Å². The largest absolute Gasteiger partial charge is 0.494 e. The second kappa shape index (κ2) is 10.3. The lowest BCUT2D eigenvalue weighted by Gasteiger charge is -2.16. The van der Waals surface area contributed by atoms with Crippen molar-refractivity contribution in [1.82, 2.24) is 4.31 Å². The van der Waals surface area contributed by atoms with E-state index >= 15 is 0 Å². The fraction of sp³-hybridized carbons (Fsp3) is 0.381. The monoisotopic (exact) mass is 420 g/mol. The van der Waals surface area contributed by atoms with Crippen LogP contribution in [-0.4, -0.2) is 45.9 Å². The number of sulfonamides is 1. The summed E-state index contributed by atoms with van der Waals surface area (Å²) in [6, 6.07) is 12.2. The zero-order chi connectivity index (χ0) is 21.4. The third kappa shape index (κ3) is 5.95. The van der Waals surface area contributed by atoms with Gasteiger partial charge < -0.3 is 14.8 Å². The number of hydrogen-bond acceptors (Lipinski definition) is 5. The van der Waals surface area contributed by atoms with Gasteiger partial charge >= 0.3 is 0 Å². The first-order valence-corrected chi connectivity index (χ1v) is 10.9. The second-order valence-corrected chi connectivity index (χ2v) is 8.59. The van der Waals surface area contributed by atoms with Crippen molar-refractivity contribution in [3.05, 3.63) is 48.0 Å². The molecular formula is C21H28N2O5S. The number of carbonyl (C=O) groups is 1. The number of ether oxygens (including phenoxy) is 2. The van der Waals surface area contributed by atoms with Crippen LogP contribution in [0, 0.1) is 0 Å². The lowest BCUT2D eigenvalue weighted by molar-refractivity contribution is -0.116. The van der Waals surface area contributed by atoms with E-state index in [-0.39, 0.29) is 23.0 Å². The van der Waals surface area contributed by atoms with E-state index in [1.807, 2.05) is 31.2 Å². The van der Waals surface area contributed by atoms with E-state index in [0.717, 1.165) is 15.6 Å². The van der Waals surface area contributed by atoms with Crippen molar-refractivity contribution in [2.45, 2.75) is 31.6 Å². The molecule has 1 N–H and O–H groups in total. The van der Waals surface area contributed by atoms with Gasteiger partial charge in [-0.2, -0.15) is 0 Å². The molecule has 0 aliphatic heterocycles. The average Bonchev–Trinajstić information content (AvgIpc) is 2.68. The Morgan fingerprint density at radius 1 is 1.00 bits per heavy atom. The van der Waals surface area contributed by atoms with Crippen molar-refractivity contribution in [3.63, 3.8) is 0 Å². The number of rotatable bonds is 10. The Kier molecular flexibility index (Phi) is 8.04. The van der Waals surface area contributed by atoms with Gasteiger partial charge in [0.25, 0.3) is 0 Å². The van der Waals surface area contributed by atoms with Crippen molar-refractivity contribution in [3.8, 4) is 11.5 Å². The maximum absolute atomic E-state index is 12.6. The van der Waals surface area contributed by atoms with Crippen molar-refractivity contribution in [1.29, 1.82) is 0 Å². The minimum atomic E-state index is -3.71. The van der Waals surface area contributed by atoms with Crippen LogP contribution in [-0.2, 0) is 21.2 Å². The van der Waals surface area contributed by atoms with E-state index in [0.29, 0.717) is 25.3 Å². The van der Waals surface area contributed by atoms with E-state index in [1.165, 1.54) is 20.2 Å². The Balaban J connectivity index is 2.14. The summed E-state index contributed by atoms with van der Waals surface area (Å²) in [7, 11) is -0.814. The lowest BCUT2D eigenvalue weighted by atomic mass is 10.1. The highest BCUT2D eigenvalue weighted by molar-refractivity contribution is 7.89. The zero-order valence-corrected chi connectivity index (χ0v) is 18.1. The van der Waals surface area contributed by atoms with E-state index < -0.39 is 10.0 Å². The first-order valence-electron chi connectivity index (χ1n) is 9.49. The van der Waals surface area contributed by atoms with Crippen LogP contribution >= 0.6 is 0 Å². The molecular weight excluding hydrogens is 392 g/mol. The third-order valence-corrected chi connectivity index (χ3v) is 6.02. The summed E-state index contributed by atoms with van der Waals surface area (Å²) >= 11 is 0. The molecule has 2 aromatic carbocycles. The predicted molar refractivity (Wildman–Crippen MR) is 113 cm³/mol. The number of benzene rings is 2. The number of nitrogens with one attached hydrogen (secondary N) is 1. The molecule has 8 heteroatoms. The van der Waals surface area contributed by atoms with Gasteiger partial charge in [0, 0.05) is 26.2 Å². The minimum absolute atomic E-state index is 0.0174. The first kappa shape index (κ1) is 22.7. The Bertz CT molecular complexity index is 942. The number of carbonyl (C=O) groups excluding carboxylic acids is 1. The number of amides is 1. The lowest BCUT2D eigenvalue weighted by Crippen LogP contribution is -2.23. The maximum Gasteiger partial charge on any atom is 0.246 e. The predicted octanol–water partition coefficient (Wildman–Crippen LogP) is 3.31. The van der Waals surface area contributed by atoms with Crippen molar-refractivity contribution in [2.24, 2.45) is 0 Å². The van der Waals surface area contributed by atoms with Gasteiger partial charge in [0.1, 0.15) is 16.4 Å². The van der Waals surface area contributed by atoms with Gasteiger partial charge in [0.2, 0.25) is 15.9 Å². The summed E-state index contributed by atoms with van der Waals surface area (Å²) in [4.78, 5) is 12.4. The standard InChI is InChI=1S/C21H28N2O5S/c1-5-27-18-10-8-7-9-16(18)11-14-21(24)22-17-12-13-19(28-6-2)20(15-17)29(25,26)23(3)4/h7-10,12-13,15H,5-6,11,14H2,1-4H3,(H,22,24). The smallest absolute Gasteiger partial charge is 0.246 e. The van der Waals surface area contributed by atoms with Gasteiger partial charge in [-0.05, 0) is 50.1 Å². The second-order valence-electron chi connectivity index (χ2n) is 6.47.